The molecule has 4 aliphatic rings. The molecule has 2 heterocycles. The summed E-state index contributed by atoms with van der Waals surface area (Å²) in [6.45, 7) is 0. The highest BCUT2D eigenvalue weighted by atomic mass is 16.4. The van der Waals surface area contributed by atoms with Gasteiger partial charge >= 0.3 is 11.9 Å². The standard InChI is InChI=1S/C38H28N2O9/c41-32-23-10-2-1-5-18(23)11-12-25(32)29-24-13-14-26-30(35(44)39(33(26)42)21-8-3-6-19(15-21)37(46)47)27(24)17-28-31(29)36(45)40(34(28)43)22-9-4-7-20(16-22)38(48)49/h1-13,15-16,26-31,41H,14,17H2,(H,46,47)(H,48,49)/t26-,27+,28+,29+,30-,31+/m0/s1. The van der Waals surface area contributed by atoms with Crippen LogP contribution in [0.3, 0.4) is 0 Å². The molecule has 6 atom stereocenters. The molecule has 0 unspecified atom stereocenters. The number of aromatic carboxylic acids is 2. The zero-order valence-electron chi connectivity index (χ0n) is 25.7. The van der Waals surface area contributed by atoms with Crippen LogP contribution in [0.5, 0.6) is 5.75 Å². The maximum Gasteiger partial charge on any atom is 0.335 e. The Balaban J connectivity index is 1.26. The van der Waals surface area contributed by atoms with E-state index in [2.05, 4.69) is 0 Å². The van der Waals surface area contributed by atoms with E-state index < -0.39 is 71.1 Å². The van der Waals surface area contributed by atoms with Crippen molar-refractivity contribution in [1.82, 2.24) is 0 Å². The molecule has 1 saturated carbocycles. The number of hydrogen-bond acceptors (Lipinski definition) is 7. The van der Waals surface area contributed by atoms with Crippen molar-refractivity contribution in [3.05, 3.63) is 113 Å². The number of aromatic hydroxyl groups is 1. The third kappa shape index (κ3) is 4.42. The van der Waals surface area contributed by atoms with Crippen LogP contribution in [-0.2, 0) is 19.2 Å². The zero-order chi connectivity index (χ0) is 34.3. The number of anilines is 2. The fourth-order valence-corrected chi connectivity index (χ4v) is 8.52. The van der Waals surface area contributed by atoms with Crippen LogP contribution in [-0.4, -0.2) is 50.9 Å². The summed E-state index contributed by atoms with van der Waals surface area (Å²) in [5.74, 6) is -9.62. The number of carbonyl (C=O) groups is 6. The van der Waals surface area contributed by atoms with Gasteiger partial charge in [0.1, 0.15) is 5.75 Å². The summed E-state index contributed by atoms with van der Waals surface area (Å²) in [6.07, 6.45) is 2.10. The van der Waals surface area contributed by atoms with Crippen molar-refractivity contribution in [3.8, 4) is 5.75 Å². The van der Waals surface area contributed by atoms with Crippen LogP contribution in [0.15, 0.2) is 96.6 Å². The average Bonchev–Trinajstić information content (AvgIpc) is 3.51. The molecule has 2 aliphatic carbocycles. The van der Waals surface area contributed by atoms with Crippen LogP contribution in [0, 0.1) is 29.6 Å². The van der Waals surface area contributed by atoms with Gasteiger partial charge < -0.3 is 15.3 Å². The number of nitrogens with zero attached hydrogens (tertiary/aromatic N) is 2. The van der Waals surface area contributed by atoms with Gasteiger partial charge in [-0.25, -0.2) is 9.59 Å². The molecule has 2 aliphatic heterocycles. The molecule has 4 amide bonds. The molecule has 3 fully saturated rings. The number of imide groups is 2. The van der Waals surface area contributed by atoms with Crippen molar-refractivity contribution in [1.29, 1.82) is 0 Å². The third-order valence-electron chi connectivity index (χ3n) is 10.6. The van der Waals surface area contributed by atoms with Crippen molar-refractivity contribution in [2.75, 3.05) is 9.80 Å². The lowest BCUT2D eigenvalue weighted by Crippen LogP contribution is -2.43. The number of phenolic OH excluding ortho intramolecular Hbond substituents is 1. The number of benzene rings is 4. The lowest BCUT2D eigenvalue weighted by molar-refractivity contribution is -0.126. The molecule has 244 valence electrons. The van der Waals surface area contributed by atoms with E-state index in [-0.39, 0.29) is 41.1 Å². The Labute approximate surface area is 278 Å². The van der Waals surface area contributed by atoms with Gasteiger partial charge in [-0.3, -0.25) is 29.0 Å². The first kappa shape index (κ1) is 30.2. The van der Waals surface area contributed by atoms with E-state index in [1.54, 1.807) is 18.2 Å². The van der Waals surface area contributed by atoms with E-state index in [4.69, 9.17) is 0 Å². The Morgan fingerprint density at radius 1 is 0.633 bits per heavy atom. The summed E-state index contributed by atoms with van der Waals surface area (Å²) in [5.41, 5.74) is 1.15. The number of carbonyl (C=O) groups excluding carboxylic acids is 4. The number of hydrogen-bond donors (Lipinski definition) is 3. The number of carboxylic acids is 2. The van der Waals surface area contributed by atoms with Gasteiger partial charge in [0, 0.05) is 16.9 Å². The van der Waals surface area contributed by atoms with E-state index in [0.29, 0.717) is 16.5 Å². The molecule has 3 N–H and O–H groups in total. The minimum atomic E-state index is -1.22. The highest BCUT2D eigenvalue weighted by Gasteiger charge is 2.62. The summed E-state index contributed by atoms with van der Waals surface area (Å²) in [4.78, 5) is 82.2. The van der Waals surface area contributed by atoms with Gasteiger partial charge in [-0.1, -0.05) is 60.2 Å². The lowest BCUT2D eigenvalue weighted by Gasteiger charge is -2.44. The number of allylic oxidation sites excluding steroid dienone is 2. The minimum Gasteiger partial charge on any atom is -0.507 e. The second-order valence-electron chi connectivity index (χ2n) is 13.0. The van der Waals surface area contributed by atoms with Crippen molar-refractivity contribution in [2.45, 2.75) is 18.8 Å². The first-order valence-corrected chi connectivity index (χ1v) is 15.9. The van der Waals surface area contributed by atoms with Gasteiger partial charge in [-0.2, -0.15) is 0 Å². The number of rotatable bonds is 5. The molecule has 0 spiro atoms. The molecule has 0 bridgehead atoms. The number of carboxylic acid groups (broad SMARTS) is 2. The second-order valence-corrected chi connectivity index (χ2v) is 13.0. The SMILES string of the molecule is O=C(O)c1cccc(N2C(=O)[C@H]3[C@H](CC=C4[C@H]3C[C@H]3C(=O)N(c5cccc(C(=O)O)c5)C(=O)[C@H]3[C@H]4c3ccc4ccccc4c3O)C2=O)c1. The van der Waals surface area contributed by atoms with Gasteiger partial charge in [0.25, 0.3) is 0 Å². The van der Waals surface area contributed by atoms with E-state index in [9.17, 15) is 44.1 Å². The van der Waals surface area contributed by atoms with Crippen molar-refractivity contribution >= 4 is 57.7 Å². The highest BCUT2D eigenvalue weighted by molar-refractivity contribution is 6.24. The van der Waals surface area contributed by atoms with E-state index >= 15 is 0 Å². The summed E-state index contributed by atoms with van der Waals surface area (Å²) in [5, 5.41) is 32.2. The van der Waals surface area contributed by atoms with Crippen LogP contribution in [0.4, 0.5) is 11.4 Å². The van der Waals surface area contributed by atoms with Gasteiger partial charge in [0.15, 0.2) is 0 Å². The fourth-order valence-electron chi connectivity index (χ4n) is 8.52. The molecule has 0 radical (unpaired) electrons. The van der Waals surface area contributed by atoms with Crippen LogP contribution in [0.1, 0.15) is 45.0 Å². The molecule has 4 aromatic rings. The zero-order valence-corrected chi connectivity index (χ0v) is 25.7. The Morgan fingerprint density at radius 2 is 1.22 bits per heavy atom. The van der Waals surface area contributed by atoms with Crippen molar-refractivity contribution in [3.63, 3.8) is 0 Å². The Morgan fingerprint density at radius 3 is 1.86 bits per heavy atom. The predicted octanol–water partition coefficient (Wildman–Crippen LogP) is 4.99. The molecule has 8 rings (SSSR count). The molecule has 49 heavy (non-hydrogen) atoms. The Bertz CT molecular complexity index is 2210. The summed E-state index contributed by atoms with van der Waals surface area (Å²) >= 11 is 0. The van der Waals surface area contributed by atoms with E-state index in [1.165, 1.54) is 48.5 Å². The van der Waals surface area contributed by atoms with Gasteiger partial charge in [0.05, 0.1) is 46.2 Å². The normalized spacial score (nSPS) is 26.0. The first-order valence-electron chi connectivity index (χ1n) is 15.9. The first-order chi connectivity index (χ1) is 23.6. The largest absolute Gasteiger partial charge is 0.507 e. The average molecular weight is 657 g/mol. The predicted molar refractivity (Wildman–Crippen MR) is 175 cm³/mol. The van der Waals surface area contributed by atoms with Crippen LogP contribution in [0.2, 0.25) is 0 Å². The quantitative estimate of drug-likeness (QED) is 0.198. The maximum absolute atomic E-state index is 14.4. The van der Waals surface area contributed by atoms with Gasteiger partial charge in [-0.05, 0) is 60.5 Å². The molecule has 11 nitrogen and oxygen atoms in total. The summed E-state index contributed by atoms with van der Waals surface area (Å²) in [7, 11) is 0. The lowest BCUT2D eigenvalue weighted by atomic mass is 9.57. The van der Waals surface area contributed by atoms with Gasteiger partial charge in [-0.15, -0.1) is 0 Å². The van der Waals surface area contributed by atoms with Gasteiger partial charge in [0.2, 0.25) is 23.6 Å². The van der Waals surface area contributed by atoms with Crippen LogP contribution in [0.25, 0.3) is 10.8 Å². The minimum absolute atomic E-state index is 0.0574. The Kier molecular flexibility index (Phi) is 6.78. The molecular weight excluding hydrogens is 628 g/mol. The van der Waals surface area contributed by atoms with Crippen LogP contribution < -0.4 is 9.80 Å². The van der Waals surface area contributed by atoms with Crippen molar-refractivity contribution in [2.24, 2.45) is 29.6 Å². The van der Waals surface area contributed by atoms with E-state index in [1.807, 2.05) is 24.3 Å². The molecule has 2 saturated heterocycles. The van der Waals surface area contributed by atoms with E-state index in [0.717, 1.165) is 15.2 Å². The summed E-state index contributed by atoms with van der Waals surface area (Å²) in [6, 6.07) is 21.9. The van der Waals surface area contributed by atoms with Crippen molar-refractivity contribution < 1.29 is 44.1 Å². The third-order valence-corrected chi connectivity index (χ3v) is 10.6. The molecule has 0 aromatic heterocycles. The molecular formula is C38H28N2O9. The second kappa shape index (κ2) is 11.0. The fraction of sp³-hybridized carbons (Fsp3) is 0.211. The number of amides is 4. The smallest absolute Gasteiger partial charge is 0.335 e. The highest BCUT2D eigenvalue weighted by Crippen LogP contribution is 2.59. The van der Waals surface area contributed by atoms with Crippen LogP contribution >= 0.6 is 0 Å². The summed E-state index contributed by atoms with van der Waals surface area (Å²) < 4.78 is 0. The topological polar surface area (TPSA) is 170 Å². The maximum atomic E-state index is 14.4. The monoisotopic (exact) mass is 656 g/mol. The number of fused-ring (bicyclic) bond motifs is 5. The number of phenols is 1. The molecule has 11 heteroatoms. The molecule has 4 aromatic carbocycles. The Hall–Kier alpha value is -6.10.